The number of H-pyrrole nitrogens is 1. The van der Waals surface area contributed by atoms with E-state index in [-0.39, 0.29) is 5.91 Å². The quantitative estimate of drug-likeness (QED) is 0.663. The van der Waals surface area contributed by atoms with Gasteiger partial charge in [-0.05, 0) is 11.8 Å². The number of amides is 1. The Balaban J connectivity index is 1.72. The number of aromatic amines is 1. The minimum absolute atomic E-state index is 0.0851. The molecule has 15 heavy (non-hydrogen) atoms. The van der Waals surface area contributed by atoms with Gasteiger partial charge in [-0.25, -0.2) is 4.98 Å². The number of nitrogens with zero attached hydrogens (tertiary/aromatic N) is 2. The molecule has 2 aliphatic heterocycles. The van der Waals surface area contributed by atoms with E-state index in [1.54, 1.807) is 12.5 Å². The minimum Gasteiger partial charge on any atom is -0.341 e. The van der Waals surface area contributed by atoms with Gasteiger partial charge in [0.1, 0.15) is 5.69 Å². The van der Waals surface area contributed by atoms with Crippen LogP contribution in [0.3, 0.4) is 0 Å². The third-order valence-electron chi connectivity index (χ3n) is 3.41. The van der Waals surface area contributed by atoms with Crippen molar-refractivity contribution in [1.29, 1.82) is 0 Å². The first kappa shape index (κ1) is 8.91. The van der Waals surface area contributed by atoms with E-state index in [4.69, 9.17) is 0 Å². The molecule has 1 aromatic heterocycles. The topological polar surface area (TPSA) is 61.0 Å². The molecule has 0 aliphatic carbocycles. The monoisotopic (exact) mass is 206 g/mol. The summed E-state index contributed by atoms with van der Waals surface area (Å²) in [6, 6.07) is 0. The molecule has 80 valence electrons. The molecule has 2 aliphatic rings. The molecule has 0 radical (unpaired) electrons. The van der Waals surface area contributed by atoms with Gasteiger partial charge in [0.2, 0.25) is 0 Å². The standard InChI is InChI=1S/C10H14N4O/c15-10(9-3-12-6-13-9)14-4-7-1-11-2-8(7)5-14/h3,6-8,11H,1-2,4-5H2,(H,12,13). The van der Waals surface area contributed by atoms with E-state index in [0.717, 1.165) is 26.2 Å². The van der Waals surface area contributed by atoms with Crippen molar-refractivity contribution in [2.24, 2.45) is 11.8 Å². The van der Waals surface area contributed by atoms with Crippen LogP contribution < -0.4 is 5.32 Å². The normalized spacial score (nSPS) is 29.5. The Morgan fingerprint density at radius 1 is 1.40 bits per heavy atom. The van der Waals surface area contributed by atoms with Crippen LogP contribution in [0.2, 0.25) is 0 Å². The van der Waals surface area contributed by atoms with Crippen molar-refractivity contribution in [2.75, 3.05) is 26.2 Å². The number of hydrogen-bond donors (Lipinski definition) is 2. The van der Waals surface area contributed by atoms with E-state index >= 15 is 0 Å². The van der Waals surface area contributed by atoms with Crippen LogP contribution in [-0.2, 0) is 0 Å². The van der Waals surface area contributed by atoms with Crippen LogP contribution in [0.25, 0.3) is 0 Å². The number of hydrogen-bond acceptors (Lipinski definition) is 3. The second-order valence-electron chi connectivity index (χ2n) is 4.35. The highest BCUT2D eigenvalue weighted by Crippen LogP contribution is 2.26. The molecule has 1 amide bonds. The molecule has 2 fully saturated rings. The summed E-state index contributed by atoms with van der Waals surface area (Å²) < 4.78 is 0. The molecule has 0 bridgehead atoms. The Morgan fingerprint density at radius 3 is 2.73 bits per heavy atom. The van der Waals surface area contributed by atoms with Crippen LogP contribution in [-0.4, -0.2) is 47.0 Å². The summed E-state index contributed by atoms with van der Waals surface area (Å²) in [7, 11) is 0. The number of rotatable bonds is 1. The van der Waals surface area contributed by atoms with Crippen LogP contribution in [0.4, 0.5) is 0 Å². The van der Waals surface area contributed by atoms with Crippen LogP contribution in [0.15, 0.2) is 12.5 Å². The van der Waals surface area contributed by atoms with Gasteiger partial charge < -0.3 is 15.2 Å². The van der Waals surface area contributed by atoms with Crippen molar-refractivity contribution in [1.82, 2.24) is 20.2 Å². The summed E-state index contributed by atoms with van der Waals surface area (Å²) in [6.07, 6.45) is 3.14. The number of imidazole rings is 1. The van der Waals surface area contributed by atoms with Gasteiger partial charge in [0, 0.05) is 26.2 Å². The Labute approximate surface area is 87.9 Å². The summed E-state index contributed by atoms with van der Waals surface area (Å²) >= 11 is 0. The van der Waals surface area contributed by atoms with Crippen molar-refractivity contribution in [3.05, 3.63) is 18.2 Å². The number of carbonyl (C=O) groups is 1. The van der Waals surface area contributed by atoms with E-state index in [1.807, 2.05) is 4.90 Å². The van der Waals surface area contributed by atoms with Gasteiger partial charge in [-0.2, -0.15) is 0 Å². The number of carbonyl (C=O) groups excluding carboxylic acids is 1. The third-order valence-corrected chi connectivity index (χ3v) is 3.41. The lowest BCUT2D eigenvalue weighted by Gasteiger charge is -2.16. The summed E-state index contributed by atoms with van der Waals surface area (Å²) in [5.74, 6) is 1.38. The minimum atomic E-state index is 0.0851. The van der Waals surface area contributed by atoms with E-state index in [0.29, 0.717) is 17.5 Å². The highest BCUT2D eigenvalue weighted by molar-refractivity contribution is 5.92. The first-order valence-corrected chi connectivity index (χ1v) is 5.33. The zero-order valence-electron chi connectivity index (χ0n) is 8.44. The highest BCUT2D eigenvalue weighted by Gasteiger charge is 2.38. The molecular formula is C10H14N4O. The number of aromatic nitrogens is 2. The van der Waals surface area contributed by atoms with Crippen molar-refractivity contribution in [3.8, 4) is 0 Å². The summed E-state index contributed by atoms with van der Waals surface area (Å²) in [5, 5.41) is 3.36. The Bertz CT molecular complexity index is 350. The third kappa shape index (κ3) is 1.43. The Hall–Kier alpha value is -1.36. The molecule has 2 N–H and O–H groups in total. The number of likely N-dealkylation sites (tertiary alicyclic amines) is 1. The van der Waals surface area contributed by atoms with Gasteiger partial charge in [-0.3, -0.25) is 4.79 Å². The molecule has 0 saturated carbocycles. The smallest absolute Gasteiger partial charge is 0.271 e. The van der Waals surface area contributed by atoms with Crippen molar-refractivity contribution in [3.63, 3.8) is 0 Å². The van der Waals surface area contributed by atoms with Crippen molar-refractivity contribution in [2.45, 2.75) is 0 Å². The fourth-order valence-electron chi connectivity index (χ4n) is 2.56. The highest BCUT2D eigenvalue weighted by atomic mass is 16.2. The van der Waals surface area contributed by atoms with Crippen molar-refractivity contribution < 1.29 is 4.79 Å². The molecular weight excluding hydrogens is 192 g/mol. The zero-order chi connectivity index (χ0) is 10.3. The predicted molar refractivity (Wildman–Crippen MR) is 54.3 cm³/mol. The second kappa shape index (κ2) is 3.34. The molecule has 2 saturated heterocycles. The lowest BCUT2D eigenvalue weighted by molar-refractivity contribution is 0.0776. The molecule has 2 unspecified atom stereocenters. The van der Waals surface area contributed by atoms with E-state index in [2.05, 4.69) is 15.3 Å². The number of fused-ring (bicyclic) bond motifs is 1. The molecule has 3 rings (SSSR count). The summed E-state index contributed by atoms with van der Waals surface area (Å²) in [6.45, 7) is 3.87. The molecule has 1 aromatic rings. The maximum atomic E-state index is 12.0. The second-order valence-corrected chi connectivity index (χ2v) is 4.35. The van der Waals surface area contributed by atoms with Crippen molar-refractivity contribution >= 4 is 5.91 Å². The molecule has 0 aromatic carbocycles. The Morgan fingerprint density at radius 2 is 2.13 bits per heavy atom. The van der Waals surface area contributed by atoms with Crippen LogP contribution >= 0.6 is 0 Å². The van der Waals surface area contributed by atoms with Crippen LogP contribution in [0.1, 0.15) is 10.5 Å². The average Bonchev–Trinajstić information content (AvgIpc) is 2.92. The predicted octanol–water partition coefficient (Wildman–Crippen LogP) is -0.299. The van der Waals surface area contributed by atoms with E-state index in [9.17, 15) is 4.79 Å². The summed E-state index contributed by atoms with van der Waals surface area (Å²) in [4.78, 5) is 20.6. The first-order valence-electron chi connectivity index (χ1n) is 5.33. The van der Waals surface area contributed by atoms with Gasteiger partial charge in [0.15, 0.2) is 0 Å². The fraction of sp³-hybridized carbons (Fsp3) is 0.600. The molecule has 5 nitrogen and oxygen atoms in total. The lowest BCUT2D eigenvalue weighted by Crippen LogP contribution is -2.32. The molecule has 2 atom stereocenters. The average molecular weight is 206 g/mol. The van der Waals surface area contributed by atoms with E-state index < -0.39 is 0 Å². The van der Waals surface area contributed by atoms with Gasteiger partial charge in [-0.15, -0.1) is 0 Å². The fourth-order valence-corrected chi connectivity index (χ4v) is 2.56. The van der Waals surface area contributed by atoms with Gasteiger partial charge >= 0.3 is 0 Å². The SMILES string of the molecule is O=C(c1cnc[nH]1)N1CC2CNCC2C1. The molecule has 3 heterocycles. The lowest BCUT2D eigenvalue weighted by atomic mass is 10.0. The van der Waals surface area contributed by atoms with Gasteiger partial charge in [-0.1, -0.05) is 0 Å². The Kier molecular flexibility index (Phi) is 1.98. The first-order chi connectivity index (χ1) is 7.34. The molecule has 5 heteroatoms. The van der Waals surface area contributed by atoms with Gasteiger partial charge in [0.25, 0.3) is 5.91 Å². The summed E-state index contributed by atoms with van der Waals surface area (Å²) in [5.41, 5.74) is 0.600. The van der Waals surface area contributed by atoms with E-state index in [1.165, 1.54) is 0 Å². The van der Waals surface area contributed by atoms with Crippen LogP contribution in [0.5, 0.6) is 0 Å². The number of nitrogens with one attached hydrogen (secondary N) is 2. The van der Waals surface area contributed by atoms with Crippen LogP contribution in [0, 0.1) is 11.8 Å². The molecule has 0 spiro atoms. The maximum absolute atomic E-state index is 12.0. The maximum Gasteiger partial charge on any atom is 0.271 e. The zero-order valence-corrected chi connectivity index (χ0v) is 8.44. The van der Waals surface area contributed by atoms with Gasteiger partial charge in [0.05, 0.1) is 12.5 Å². The largest absolute Gasteiger partial charge is 0.341 e.